The summed E-state index contributed by atoms with van der Waals surface area (Å²) in [5, 5.41) is 0. The Morgan fingerprint density at radius 3 is 2.62 bits per heavy atom. The number of ether oxygens (including phenoxy) is 1. The molecule has 0 saturated carbocycles. The van der Waals surface area contributed by atoms with Gasteiger partial charge in [0.1, 0.15) is 5.75 Å². The van der Waals surface area contributed by atoms with Gasteiger partial charge in [-0.1, -0.05) is 24.6 Å². The molecule has 1 unspecified atom stereocenters. The van der Waals surface area contributed by atoms with Gasteiger partial charge in [-0.2, -0.15) is 0 Å². The maximum Gasteiger partial charge on any atom is 0.123 e. The minimum Gasteiger partial charge on any atom is -0.493 e. The van der Waals surface area contributed by atoms with E-state index in [1.807, 2.05) is 0 Å². The Labute approximate surface area is 147 Å². The van der Waals surface area contributed by atoms with Gasteiger partial charge in [0.05, 0.1) is 6.61 Å². The molecular weight excluding hydrogens is 298 g/mol. The molecule has 1 atom stereocenters. The molecule has 1 aromatic carbocycles. The largest absolute Gasteiger partial charge is 0.493 e. The molecule has 1 aromatic rings. The summed E-state index contributed by atoms with van der Waals surface area (Å²) in [6, 6.07) is 8.82. The Hall–Kier alpha value is -1.10. The maximum atomic E-state index is 6.11. The lowest BCUT2D eigenvalue weighted by Crippen LogP contribution is -2.42. The van der Waals surface area contributed by atoms with Gasteiger partial charge in [-0.15, -0.1) is 0 Å². The average molecular weight is 332 g/mol. The smallest absolute Gasteiger partial charge is 0.123 e. The number of para-hydroxylation sites is 1. The van der Waals surface area contributed by atoms with Crippen LogP contribution in [0.1, 0.15) is 44.1 Å². The minimum absolute atomic E-state index is 0.330. The number of nitrogens with two attached hydrogens (primary N) is 1. The Balaban J connectivity index is 1.45. The number of nitrogens with zero attached hydrogens (tertiary/aromatic N) is 2. The van der Waals surface area contributed by atoms with Crippen LogP contribution < -0.4 is 10.5 Å². The number of rotatable bonds is 7. The van der Waals surface area contributed by atoms with Gasteiger partial charge in [-0.3, -0.25) is 4.90 Å². The fraction of sp³-hybridized carbons (Fsp3) is 0.700. The van der Waals surface area contributed by atoms with Crippen molar-refractivity contribution in [1.82, 2.24) is 9.80 Å². The lowest BCUT2D eigenvalue weighted by atomic mass is 10.1. The van der Waals surface area contributed by atoms with E-state index >= 15 is 0 Å². The van der Waals surface area contributed by atoms with Crippen LogP contribution in [0.3, 0.4) is 0 Å². The minimum atomic E-state index is 0.330. The van der Waals surface area contributed by atoms with Crippen molar-refractivity contribution < 1.29 is 4.74 Å². The summed E-state index contributed by atoms with van der Waals surface area (Å²) in [6.45, 7) is 7.63. The van der Waals surface area contributed by atoms with Crippen LogP contribution in [-0.4, -0.2) is 55.2 Å². The molecule has 4 heteroatoms. The summed E-state index contributed by atoms with van der Waals surface area (Å²) in [5.74, 6) is 1.05. The van der Waals surface area contributed by atoms with Gasteiger partial charge in [0, 0.05) is 31.2 Å². The van der Waals surface area contributed by atoms with Gasteiger partial charge in [-0.25, -0.2) is 0 Å². The molecule has 0 amide bonds. The first-order valence-corrected chi connectivity index (χ1v) is 9.72. The van der Waals surface area contributed by atoms with Crippen molar-refractivity contribution in [2.75, 3.05) is 39.3 Å². The van der Waals surface area contributed by atoms with Gasteiger partial charge < -0.3 is 15.4 Å². The zero-order valence-electron chi connectivity index (χ0n) is 15.0. The van der Waals surface area contributed by atoms with Gasteiger partial charge >= 0.3 is 0 Å². The molecule has 2 saturated heterocycles. The summed E-state index contributed by atoms with van der Waals surface area (Å²) < 4.78 is 6.11. The molecule has 0 aliphatic carbocycles. The van der Waals surface area contributed by atoms with Crippen LogP contribution in [0.4, 0.5) is 0 Å². The zero-order chi connectivity index (χ0) is 16.6. The first-order chi connectivity index (χ1) is 11.8. The summed E-state index contributed by atoms with van der Waals surface area (Å²) in [7, 11) is 0. The zero-order valence-corrected chi connectivity index (χ0v) is 15.0. The first kappa shape index (κ1) is 17.7. The highest BCUT2D eigenvalue weighted by Crippen LogP contribution is 2.22. The second kappa shape index (κ2) is 9.40. The van der Waals surface area contributed by atoms with Crippen molar-refractivity contribution in [2.45, 2.75) is 51.1 Å². The van der Waals surface area contributed by atoms with E-state index in [0.717, 1.165) is 44.8 Å². The molecule has 2 fully saturated rings. The van der Waals surface area contributed by atoms with Crippen molar-refractivity contribution >= 4 is 0 Å². The third-order valence-electron chi connectivity index (χ3n) is 5.23. The fourth-order valence-corrected chi connectivity index (χ4v) is 3.90. The molecule has 2 aliphatic heterocycles. The molecule has 0 radical (unpaired) electrons. The summed E-state index contributed by atoms with van der Waals surface area (Å²) in [4.78, 5) is 5.04. The van der Waals surface area contributed by atoms with E-state index in [1.54, 1.807) is 0 Å². The van der Waals surface area contributed by atoms with Crippen molar-refractivity contribution in [3.05, 3.63) is 29.8 Å². The Kier molecular flexibility index (Phi) is 6.94. The molecular formula is C20H33N3O. The lowest BCUT2D eigenvalue weighted by Gasteiger charge is -2.31. The van der Waals surface area contributed by atoms with Crippen molar-refractivity contribution in [2.24, 2.45) is 5.73 Å². The topological polar surface area (TPSA) is 41.7 Å². The molecule has 2 heterocycles. The normalized spacial score (nSPS) is 23.3. The molecule has 2 aliphatic rings. The molecule has 134 valence electrons. The second-order valence-electron chi connectivity index (χ2n) is 7.35. The van der Waals surface area contributed by atoms with E-state index in [1.165, 1.54) is 50.9 Å². The van der Waals surface area contributed by atoms with E-state index in [-0.39, 0.29) is 0 Å². The average Bonchev–Trinajstić information content (AvgIpc) is 2.61. The third-order valence-corrected chi connectivity index (χ3v) is 5.23. The molecule has 0 bridgehead atoms. The molecule has 24 heavy (non-hydrogen) atoms. The quantitative estimate of drug-likeness (QED) is 0.780. The fourth-order valence-electron chi connectivity index (χ4n) is 3.90. The molecule has 2 N–H and O–H groups in total. The first-order valence-electron chi connectivity index (χ1n) is 9.72. The Morgan fingerprint density at radius 2 is 1.79 bits per heavy atom. The van der Waals surface area contributed by atoms with Crippen molar-refractivity contribution in [1.29, 1.82) is 0 Å². The summed E-state index contributed by atoms with van der Waals surface area (Å²) in [5.41, 5.74) is 7.40. The summed E-state index contributed by atoms with van der Waals surface area (Å²) in [6.07, 6.45) is 7.61. The van der Waals surface area contributed by atoms with Crippen LogP contribution in [0.25, 0.3) is 0 Å². The number of hydrogen-bond donors (Lipinski definition) is 1. The van der Waals surface area contributed by atoms with Gasteiger partial charge in [0.15, 0.2) is 0 Å². The number of piperidine rings is 2. The van der Waals surface area contributed by atoms with Crippen LogP contribution in [0.2, 0.25) is 0 Å². The van der Waals surface area contributed by atoms with E-state index in [2.05, 4.69) is 34.1 Å². The number of likely N-dealkylation sites (tertiary alicyclic amines) is 2. The summed E-state index contributed by atoms with van der Waals surface area (Å²) >= 11 is 0. The van der Waals surface area contributed by atoms with Crippen LogP contribution in [-0.2, 0) is 6.54 Å². The molecule has 0 spiro atoms. The predicted octanol–water partition coefficient (Wildman–Crippen LogP) is 2.86. The predicted molar refractivity (Wildman–Crippen MR) is 99.3 cm³/mol. The lowest BCUT2D eigenvalue weighted by molar-refractivity contribution is 0.192. The number of hydrogen-bond acceptors (Lipinski definition) is 4. The SMILES string of the molecule is NC1CCCN(Cc2ccccc2OCCCN2CCCCC2)C1. The van der Waals surface area contributed by atoms with E-state index in [4.69, 9.17) is 10.5 Å². The second-order valence-corrected chi connectivity index (χ2v) is 7.35. The maximum absolute atomic E-state index is 6.11. The van der Waals surface area contributed by atoms with Crippen molar-refractivity contribution in [3.63, 3.8) is 0 Å². The van der Waals surface area contributed by atoms with Crippen LogP contribution in [0.15, 0.2) is 24.3 Å². The molecule has 0 aromatic heterocycles. The van der Waals surface area contributed by atoms with Gasteiger partial charge in [0.2, 0.25) is 0 Å². The molecule has 4 nitrogen and oxygen atoms in total. The van der Waals surface area contributed by atoms with Crippen molar-refractivity contribution in [3.8, 4) is 5.75 Å². The number of benzene rings is 1. The van der Waals surface area contributed by atoms with E-state index in [9.17, 15) is 0 Å². The monoisotopic (exact) mass is 331 g/mol. The highest BCUT2D eigenvalue weighted by atomic mass is 16.5. The third kappa shape index (κ3) is 5.47. The van der Waals surface area contributed by atoms with Crippen LogP contribution in [0, 0.1) is 0 Å². The molecule has 3 rings (SSSR count). The Morgan fingerprint density at radius 1 is 1.00 bits per heavy atom. The van der Waals surface area contributed by atoms with Gasteiger partial charge in [-0.05, 0) is 57.8 Å². The van der Waals surface area contributed by atoms with E-state index in [0.29, 0.717) is 6.04 Å². The highest BCUT2D eigenvalue weighted by Gasteiger charge is 2.18. The van der Waals surface area contributed by atoms with Crippen LogP contribution in [0.5, 0.6) is 5.75 Å². The highest BCUT2D eigenvalue weighted by molar-refractivity contribution is 5.33. The Bertz CT molecular complexity index is 488. The van der Waals surface area contributed by atoms with Gasteiger partial charge in [0.25, 0.3) is 0 Å². The van der Waals surface area contributed by atoms with E-state index < -0.39 is 0 Å². The standard InChI is InChI=1S/C20H33N3O/c21-19-9-6-13-23(17-19)16-18-8-2-3-10-20(18)24-15-7-14-22-11-4-1-5-12-22/h2-3,8,10,19H,1,4-7,9,11-17,21H2. The van der Waals surface area contributed by atoms with Crippen LogP contribution >= 0.6 is 0 Å².